The molecule has 2 N–H and O–H groups in total. The molecule has 2 rings (SSSR count). The van der Waals surface area contributed by atoms with Gasteiger partial charge in [0.25, 0.3) is 0 Å². The van der Waals surface area contributed by atoms with Crippen molar-refractivity contribution in [2.24, 2.45) is 0 Å². The topological polar surface area (TPSA) is 66.4 Å². The fourth-order valence-electron chi connectivity index (χ4n) is 1.85. The van der Waals surface area contributed by atoms with Gasteiger partial charge >= 0.3 is 11.9 Å². The lowest BCUT2D eigenvalue weighted by Gasteiger charge is -2.18. The van der Waals surface area contributed by atoms with Gasteiger partial charge in [0.2, 0.25) is 0 Å². The third kappa shape index (κ3) is 3.20. The predicted molar refractivity (Wildman–Crippen MR) is 70.5 cm³/mol. The van der Waals surface area contributed by atoms with Crippen molar-refractivity contribution in [3.05, 3.63) is 71.5 Å². The third-order valence-corrected chi connectivity index (χ3v) is 2.81. The Morgan fingerprint density at radius 1 is 0.950 bits per heavy atom. The fraction of sp³-hybridized carbons (Fsp3) is 0.0667. The summed E-state index contributed by atoms with van der Waals surface area (Å²) in [5.41, 5.74) is 1.32. The van der Waals surface area contributed by atoms with Gasteiger partial charge in [0, 0.05) is 0 Å². The number of carboxylic acid groups (broad SMARTS) is 1. The van der Waals surface area contributed by atoms with Crippen LogP contribution in [0.5, 0.6) is 0 Å². The zero-order chi connectivity index (χ0) is 14.5. The number of benzene rings is 2. The second kappa shape index (κ2) is 5.97. The Morgan fingerprint density at radius 3 is 2.05 bits per heavy atom. The van der Waals surface area contributed by atoms with Crippen molar-refractivity contribution in [1.82, 2.24) is 5.32 Å². The maximum Gasteiger partial charge on any atom is 0.394 e. The first-order valence-corrected chi connectivity index (χ1v) is 5.92. The molecule has 2 aromatic rings. The van der Waals surface area contributed by atoms with Gasteiger partial charge in [-0.1, -0.05) is 42.5 Å². The monoisotopic (exact) mass is 273 g/mol. The number of carboxylic acids is 1. The summed E-state index contributed by atoms with van der Waals surface area (Å²) in [6.07, 6.45) is 0. The van der Waals surface area contributed by atoms with Crippen LogP contribution in [0.25, 0.3) is 0 Å². The number of amides is 1. The van der Waals surface area contributed by atoms with Crippen LogP contribution in [0.15, 0.2) is 54.6 Å². The van der Waals surface area contributed by atoms with Crippen LogP contribution in [0.2, 0.25) is 0 Å². The van der Waals surface area contributed by atoms with Crippen LogP contribution in [0, 0.1) is 5.82 Å². The van der Waals surface area contributed by atoms with Gasteiger partial charge in [-0.15, -0.1) is 0 Å². The SMILES string of the molecule is O=C(O)C(=O)N[C@H](c1ccccc1)c1ccc(F)cc1. The molecule has 0 aliphatic heterocycles. The first-order chi connectivity index (χ1) is 9.58. The molecule has 0 radical (unpaired) electrons. The summed E-state index contributed by atoms with van der Waals surface area (Å²) in [7, 11) is 0. The quantitative estimate of drug-likeness (QED) is 0.842. The minimum Gasteiger partial charge on any atom is -0.474 e. The first-order valence-electron chi connectivity index (χ1n) is 5.92. The summed E-state index contributed by atoms with van der Waals surface area (Å²) >= 11 is 0. The van der Waals surface area contributed by atoms with Crippen molar-refractivity contribution >= 4 is 11.9 Å². The predicted octanol–water partition coefficient (Wildman–Crippen LogP) is 2.12. The lowest BCUT2D eigenvalue weighted by Crippen LogP contribution is -2.34. The molecule has 20 heavy (non-hydrogen) atoms. The number of carbonyl (C=O) groups excluding carboxylic acids is 1. The number of rotatable bonds is 3. The Balaban J connectivity index is 2.36. The highest BCUT2D eigenvalue weighted by atomic mass is 19.1. The molecule has 0 aromatic heterocycles. The van der Waals surface area contributed by atoms with E-state index in [0.717, 1.165) is 0 Å². The normalized spacial score (nSPS) is 11.7. The van der Waals surface area contributed by atoms with Crippen molar-refractivity contribution in [3.8, 4) is 0 Å². The van der Waals surface area contributed by atoms with Gasteiger partial charge in [-0.25, -0.2) is 9.18 Å². The van der Waals surface area contributed by atoms with Crippen LogP contribution in [0.1, 0.15) is 17.2 Å². The Hall–Kier alpha value is -2.69. The number of carbonyl (C=O) groups is 2. The maximum atomic E-state index is 13.0. The van der Waals surface area contributed by atoms with E-state index >= 15 is 0 Å². The standard InChI is InChI=1S/C15H12FNO3/c16-12-8-6-11(7-9-12)13(17-14(18)15(19)20)10-4-2-1-3-5-10/h1-9,13H,(H,17,18)(H,19,20)/t13-/m1/s1. The molecular formula is C15H12FNO3. The molecule has 0 aliphatic rings. The minimum atomic E-state index is -1.56. The van der Waals surface area contributed by atoms with Gasteiger partial charge in [-0.3, -0.25) is 4.79 Å². The van der Waals surface area contributed by atoms with E-state index in [-0.39, 0.29) is 0 Å². The van der Waals surface area contributed by atoms with Gasteiger partial charge < -0.3 is 10.4 Å². The van der Waals surface area contributed by atoms with Crippen LogP contribution in [-0.4, -0.2) is 17.0 Å². The molecule has 0 saturated carbocycles. The number of hydrogen-bond acceptors (Lipinski definition) is 2. The summed E-state index contributed by atoms with van der Waals surface area (Å²) in [6.45, 7) is 0. The van der Waals surface area contributed by atoms with Gasteiger partial charge in [0.05, 0.1) is 6.04 Å². The molecule has 0 fully saturated rings. The van der Waals surface area contributed by atoms with Crippen molar-refractivity contribution in [3.63, 3.8) is 0 Å². The lowest BCUT2D eigenvalue weighted by molar-refractivity contribution is -0.150. The lowest BCUT2D eigenvalue weighted by atomic mass is 9.98. The van der Waals surface area contributed by atoms with Gasteiger partial charge in [-0.05, 0) is 23.3 Å². The zero-order valence-electron chi connectivity index (χ0n) is 10.4. The number of halogens is 1. The highest BCUT2D eigenvalue weighted by Gasteiger charge is 2.20. The van der Waals surface area contributed by atoms with Crippen LogP contribution in [-0.2, 0) is 9.59 Å². The molecule has 0 unspecified atom stereocenters. The second-order valence-electron chi connectivity index (χ2n) is 4.17. The summed E-state index contributed by atoms with van der Waals surface area (Å²) in [4.78, 5) is 22.1. The largest absolute Gasteiger partial charge is 0.474 e. The van der Waals surface area contributed by atoms with Gasteiger partial charge in [0.15, 0.2) is 0 Å². The Kier molecular flexibility index (Phi) is 4.10. The van der Waals surface area contributed by atoms with E-state index in [2.05, 4.69) is 5.32 Å². The Morgan fingerprint density at radius 2 is 1.50 bits per heavy atom. The molecule has 1 atom stereocenters. The molecule has 0 bridgehead atoms. The Bertz CT molecular complexity index is 611. The summed E-state index contributed by atoms with van der Waals surface area (Å²) in [6, 6.07) is 13.8. The van der Waals surface area contributed by atoms with E-state index in [1.807, 2.05) is 6.07 Å². The third-order valence-electron chi connectivity index (χ3n) is 2.81. The molecule has 0 saturated heterocycles. The maximum absolute atomic E-state index is 13.0. The number of aliphatic carboxylic acids is 1. The molecule has 0 aliphatic carbocycles. The van der Waals surface area contributed by atoms with E-state index in [1.54, 1.807) is 24.3 Å². The highest BCUT2D eigenvalue weighted by Crippen LogP contribution is 2.22. The Labute approximate surface area is 114 Å². The van der Waals surface area contributed by atoms with Crippen LogP contribution >= 0.6 is 0 Å². The van der Waals surface area contributed by atoms with Gasteiger partial charge in [0.1, 0.15) is 5.82 Å². The average Bonchev–Trinajstić information content (AvgIpc) is 2.46. The average molecular weight is 273 g/mol. The van der Waals surface area contributed by atoms with E-state index in [9.17, 15) is 14.0 Å². The molecular weight excluding hydrogens is 261 g/mol. The van der Waals surface area contributed by atoms with E-state index < -0.39 is 23.7 Å². The van der Waals surface area contributed by atoms with Crippen molar-refractivity contribution in [1.29, 1.82) is 0 Å². The van der Waals surface area contributed by atoms with Crippen LogP contribution in [0.3, 0.4) is 0 Å². The van der Waals surface area contributed by atoms with E-state index in [0.29, 0.717) is 11.1 Å². The summed E-state index contributed by atoms with van der Waals surface area (Å²) in [5, 5.41) is 11.1. The molecule has 102 valence electrons. The molecule has 2 aromatic carbocycles. The van der Waals surface area contributed by atoms with Crippen molar-refractivity contribution in [2.75, 3.05) is 0 Å². The molecule has 5 heteroatoms. The van der Waals surface area contributed by atoms with Gasteiger partial charge in [-0.2, -0.15) is 0 Å². The second-order valence-corrected chi connectivity index (χ2v) is 4.17. The van der Waals surface area contributed by atoms with Crippen molar-refractivity contribution in [2.45, 2.75) is 6.04 Å². The van der Waals surface area contributed by atoms with Crippen molar-refractivity contribution < 1.29 is 19.1 Å². The van der Waals surface area contributed by atoms with Crippen LogP contribution in [0.4, 0.5) is 4.39 Å². The molecule has 0 spiro atoms. The smallest absolute Gasteiger partial charge is 0.394 e. The number of hydrogen-bond donors (Lipinski definition) is 2. The van der Waals surface area contributed by atoms with E-state index in [1.165, 1.54) is 24.3 Å². The summed E-state index contributed by atoms with van der Waals surface area (Å²) < 4.78 is 13.0. The first kappa shape index (κ1) is 13.7. The molecule has 4 nitrogen and oxygen atoms in total. The highest BCUT2D eigenvalue weighted by molar-refractivity contribution is 6.31. The fourth-order valence-corrected chi connectivity index (χ4v) is 1.85. The minimum absolute atomic E-state index is 0.398. The summed E-state index contributed by atoms with van der Waals surface area (Å²) in [5.74, 6) is -3.07. The molecule has 1 amide bonds. The van der Waals surface area contributed by atoms with Crippen LogP contribution < -0.4 is 5.32 Å². The number of nitrogens with one attached hydrogen (secondary N) is 1. The van der Waals surface area contributed by atoms with E-state index in [4.69, 9.17) is 5.11 Å². The molecule has 0 heterocycles. The zero-order valence-corrected chi connectivity index (χ0v) is 10.4.